The first-order chi connectivity index (χ1) is 13.1. The fourth-order valence-electron chi connectivity index (χ4n) is 2.77. The van der Waals surface area contributed by atoms with E-state index < -0.39 is 0 Å². The Balaban J connectivity index is 1.80. The molecular weight excluding hydrogens is 403 g/mol. The number of halogens is 3. The van der Waals surface area contributed by atoms with Crippen LogP contribution in [0.3, 0.4) is 0 Å². The van der Waals surface area contributed by atoms with Gasteiger partial charge in [0, 0.05) is 16.7 Å². The molecule has 3 nitrogen and oxygen atoms in total. The van der Waals surface area contributed by atoms with Gasteiger partial charge < -0.3 is 4.74 Å². The first-order valence-corrected chi connectivity index (χ1v) is 9.26. The molecule has 0 amide bonds. The van der Waals surface area contributed by atoms with Crippen molar-refractivity contribution in [2.24, 2.45) is 0 Å². The number of rotatable bonds is 4. The maximum atomic E-state index is 6.37. The van der Waals surface area contributed by atoms with Gasteiger partial charge in [-0.1, -0.05) is 59.1 Å². The minimum Gasteiger partial charge on any atom is -0.455 e. The monoisotopic (exact) mass is 414 g/mol. The smallest absolute Gasteiger partial charge is 0.147 e. The first kappa shape index (κ1) is 17.9. The highest BCUT2D eigenvalue weighted by Crippen LogP contribution is 2.38. The minimum absolute atomic E-state index is 0.480. The summed E-state index contributed by atoms with van der Waals surface area (Å²) in [6.45, 7) is 0. The van der Waals surface area contributed by atoms with Crippen LogP contribution in [0.15, 0.2) is 79.3 Å². The average molecular weight is 416 g/mol. The summed E-state index contributed by atoms with van der Waals surface area (Å²) in [5, 5.41) is 1.66. The summed E-state index contributed by atoms with van der Waals surface area (Å²) >= 11 is 18.7. The molecule has 134 valence electrons. The molecule has 1 heterocycles. The van der Waals surface area contributed by atoms with Crippen molar-refractivity contribution >= 4 is 34.8 Å². The van der Waals surface area contributed by atoms with Gasteiger partial charge in [0.25, 0.3) is 0 Å². The fourth-order valence-corrected chi connectivity index (χ4v) is 3.32. The predicted octanol–water partition coefficient (Wildman–Crippen LogP) is 7.29. The Kier molecular flexibility index (Phi) is 5.08. The lowest BCUT2D eigenvalue weighted by Crippen LogP contribution is -1.97. The molecule has 0 atom stereocenters. The van der Waals surface area contributed by atoms with E-state index >= 15 is 0 Å². The molecular formula is C21H13Cl3N2O. The summed E-state index contributed by atoms with van der Waals surface area (Å²) < 4.78 is 8.00. The third kappa shape index (κ3) is 3.67. The lowest BCUT2D eigenvalue weighted by molar-refractivity contribution is 0.484. The van der Waals surface area contributed by atoms with Crippen molar-refractivity contribution in [3.63, 3.8) is 0 Å². The van der Waals surface area contributed by atoms with Gasteiger partial charge in [0.1, 0.15) is 11.5 Å². The molecule has 0 aliphatic rings. The molecule has 4 rings (SSSR count). The molecule has 27 heavy (non-hydrogen) atoms. The molecule has 0 aliphatic carbocycles. The number of hydrogen-bond donors (Lipinski definition) is 0. The maximum Gasteiger partial charge on any atom is 0.147 e. The van der Waals surface area contributed by atoms with E-state index in [-0.39, 0.29) is 0 Å². The van der Waals surface area contributed by atoms with E-state index in [9.17, 15) is 0 Å². The molecule has 3 aromatic carbocycles. The van der Waals surface area contributed by atoms with Crippen LogP contribution < -0.4 is 4.74 Å². The summed E-state index contributed by atoms with van der Waals surface area (Å²) in [5.74, 6) is 1.12. The zero-order chi connectivity index (χ0) is 18.8. The standard InChI is InChI=1S/C21H13Cl3N2O/c22-14-9-10-17(24)21(11-14)27-20-8-4-1-5-15(20)19-12-25-13-26(19)18-7-3-2-6-16(18)23/h1-13H. The van der Waals surface area contributed by atoms with Crippen molar-refractivity contribution in [2.45, 2.75) is 0 Å². The fraction of sp³-hybridized carbons (Fsp3) is 0. The molecule has 0 saturated carbocycles. The number of hydrogen-bond acceptors (Lipinski definition) is 2. The summed E-state index contributed by atoms with van der Waals surface area (Å²) in [5.41, 5.74) is 2.53. The molecule has 0 aliphatic heterocycles. The van der Waals surface area contributed by atoms with E-state index in [1.807, 2.05) is 53.1 Å². The molecule has 0 radical (unpaired) electrons. The van der Waals surface area contributed by atoms with Crippen LogP contribution in [-0.4, -0.2) is 9.55 Å². The molecule has 0 N–H and O–H groups in total. The topological polar surface area (TPSA) is 27.1 Å². The van der Waals surface area contributed by atoms with Gasteiger partial charge in [-0.05, 0) is 36.4 Å². The van der Waals surface area contributed by atoms with Gasteiger partial charge in [-0.2, -0.15) is 0 Å². The lowest BCUT2D eigenvalue weighted by Gasteiger charge is -2.15. The Hall–Kier alpha value is -2.46. The average Bonchev–Trinajstić information content (AvgIpc) is 3.15. The molecule has 0 unspecified atom stereocenters. The number of benzene rings is 3. The number of nitrogens with zero attached hydrogens (tertiary/aromatic N) is 2. The summed E-state index contributed by atoms with van der Waals surface area (Å²) in [4.78, 5) is 4.30. The highest BCUT2D eigenvalue weighted by atomic mass is 35.5. The third-order valence-corrected chi connectivity index (χ3v) is 4.89. The van der Waals surface area contributed by atoms with Gasteiger partial charge in [-0.3, -0.25) is 4.57 Å². The van der Waals surface area contributed by atoms with Crippen molar-refractivity contribution in [1.82, 2.24) is 9.55 Å². The summed E-state index contributed by atoms with van der Waals surface area (Å²) in [6, 6.07) is 20.4. The molecule has 0 fully saturated rings. The second kappa shape index (κ2) is 7.65. The Bertz CT molecular complexity index is 1110. The predicted molar refractivity (Wildman–Crippen MR) is 111 cm³/mol. The van der Waals surface area contributed by atoms with Crippen molar-refractivity contribution in [3.05, 3.63) is 94.3 Å². The van der Waals surface area contributed by atoms with Gasteiger partial charge in [0.05, 0.1) is 34.0 Å². The molecule has 4 aromatic rings. The van der Waals surface area contributed by atoms with Crippen LogP contribution in [0.4, 0.5) is 0 Å². The molecule has 6 heteroatoms. The maximum absolute atomic E-state index is 6.37. The van der Waals surface area contributed by atoms with Crippen LogP contribution in [0.25, 0.3) is 16.9 Å². The zero-order valence-electron chi connectivity index (χ0n) is 13.9. The van der Waals surface area contributed by atoms with Crippen LogP contribution in [-0.2, 0) is 0 Å². The highest BCUT2D eigenvalue weighted by molar-refractivity contribution is 6.34. The molecule has 1 aromatic heterocycles. The Labute approximate surface area is 171 Å². The van der Waals surface area contributed by atoms with E-state index in [4.69, 9.17) is 39.5 Å². The van der Waals surface area contributed by atoms with Crippen LogP contribution in [0.5, 0.6) is 11.5 Å². The van der Waals surface area contributed by atoms with Crippen molar-refractivity contribution < 1.29 is 4.74 Å². The first-order valence-electron chi connectivity index (χ1n) is 8.13. The second-order valence-corrected chi connectivity index (χ2v) is 7.02. The van der Waals surface area contributed by atoms with Gasteiger partial charge in [-0.15, -0.1) is 0 Å². The van der Waals surface area contributed by atoms with E-state index in [1.165, 1.54) is 0 Å². The van der Waals surface area contributed by atoms with E-state index in [2.05, 4.69) is 4.98 Å². The quantitative estimate of drug-likeness (QED) is 0.350. The molecule has 0 spiro atoms. The van der Waals surface area contributed by atoms with Crippen molar-refractivity contribution in [3.8, 4) is 28.4 Å². The Morgan fingerprint density at radius 3 is 2.41 bits per heavy atom. The molecule has 0 saturated heterocycles. The second-order valence-electron chi connectivity index (χ2n) is 5.77. The van der Waals surface area contributed by atoms with Gasteiger partial charge in [0.2, 0.25) is 0 Å². The molecule has 0 bridgehead atoms. The van der Waals surface area contributed by atoms with Crippen molar-refractivity contribution in [2.75, 3.05) is 0 Å². The summed E-state index contributed by atoms with van der Waals surface area (Å²) in [7, 11) is 0. The van der Waals surface area contributed by atoms with Crippen LogP contribution >= 0.6 is 34.8 Å². The minimum atomic E-state index is 0.480. The normalized spacial score (nSPS) is 10.8. The SMILES string of the molecule is Clc1ccc(Cl)c(Oc2ccccc2-c2cncn2-c2ccccc2Cl)c1. The van der Waals surface area contributed by atoms with Crippen LogP contribution in [0.2, 0.25) is 15.1 Å². The largest absolute Gasteiger partial charge is 0.455 e. The number of ether oxygens (including phenoxy) is 1. The number of aromatic nitrogens is 2. The zero-order valence-corrected chi connectivity index (χ0v) is 16.2. The van der Waals surface area contributed by atoms with Crippen molar-refractivity contribution in [1.29, 1.82) is 0 Å². The van der Waals surface area contributed by atoms with E-state index in [1.54, 1.807) is 30.7 Å². The number of para-hydroxylation sites is 2. The lowest BCUT2D eigenvalue weighted by atomic mass is 10.1. The van der Waals surface area contributed by atoms with Gasteiger partial charge in [0.15, 0.2) is 0 Å². The Morgan fingerprint density at radius 2 is 1.56 bits per heavy atom. The van der Waals surface area contributed by atoms with Gasteiger partial charge >= 0.3 is 0 Å². The summed E-state index contributed by atoms with van der Waals surface area (Å²) in [6.07, 6.45) is 3.49. The van der Waals surface area contributed by atoms with Crippen LogP contribution in [0.1, 0.15) is 0 Å². The Morgan fingerprint density at radius 1 is 0.778 bits per heavy atom. The van der Waals surface area contributed by atoms with Crippen LogP contribution in [0, 0.1) is 0 Å². The highest BCUT2D eigenvalue weighted by Gasteiger charge is 2.15. The van der Waals surface area contributed by atoms with E-state index in [0.717, 1.165) is 16.9 Å². The van der Waals surface area contributed by atoms with Gasteiger partial charge in [-0.25, -0.2) is 4.98 Å². The number of imidazole rings is 1. The van der Waals surface area contributed by atoms with E-state index in [0.29, 0.717) is 26.6 Å². The third-order valence-electron chi connectivity index (χ3n) is 4.03.